The summed E-state index contributed by atoms with van der Waals surface area (Å²) in [6, 6.07) is 10.6. The van der Waals surface area contributed by atoms with Crippen LogP contribution in [0.5, 0.6) is 0 Å². The molecule has 3 nitrogen and oxygen atoms in total. The zero-order valence-electron chi connectivity index (χ0n) is 12.9. The highest BCUT2D eigenvalue weighted by molar-refractivity contribution is 5.70. The predicted molar refractivity (Wildman–Crippen MR) is 85.3 cm³/mol. The molecule has 1 saturated carbocycles. The lowest BCUT2D eigenvalue weighted by atomic mass is 9.76. The molecular formula is C19H23NO2. The molecule has 1 aromatic rings. The van der Waals surface area contributed by atoms with Crippen molar-refractivity contribution < 1.29 is 9.53 Å². The van der Waals surface area contributed by atoms with Crippen LogP contribution in [0.2, 0.25) is 0 Å². The molecule has 1 saturated heterocycles. The van der Waals surface area contributed by atoms with E-state index in [9.17, 15) is 4.79 Å². The lowest BCUT2D eigenvalue weighted by Gasteiger charge is -2.38. The predicted octanol–water partition coefficient (Wildman–Crippen LogP) is 4.29. The van der Waals surface area contributed by atoms with E-state index in [4.69, 9.17) is 4.74 Å². The van der Waals surface area contributed by atoms with Gasteiger partial charge in [-0.2, -0.15) is 0 Å². The third-order valence-corrected chi connectivity index (χ3v) is 5.47. The number of hydrogen-bond acceptors (Lipinski definition) is 2. The molecular weight excluding hydrogens is 274 g/mol. The lowest BCUT2D eigenvalue weighted by Crippen LogP contribution is -2.44. The average Bonchev–Trinajstić information content (AvgIpc) is 2.75. The third-order valence-electron chi connectivity index (χ3n) is 5.47. The topological polar surface area (TPSA) is 29.5 Å². The number of ether oxygens (including phenoxy) is 1. The maximum atomic E-state index is 12.5. The number of hydrogen-bond donors (Lipinski definition) is 0. The van der Waals surface area contributed by atoms with Gasteiger partial charge in [-0.3, -0.25) is 4.90 Å². The zero-order valence-corrected chi connectivity index (χ0v) is 12.9. The van der Waals surface area contributed by atoms with Crippen molar-refractivity contribution in [3.8, 4) is 0 Å². The molecule has 1 aromatic carbocycles. The summed E-state index contributed by atoms with van der Waals surface area (Å²) in [4.78, 5) is 14.5. The van der Waals surface area contributed by atoms with Crippen LogP contribution in [-0.2, 0) is 11.3 Å². The lowest BCUT2D eigenvalue weighted by molar-refractivity contribution is 0.0802. The second-order valence-corrected chi connectivity index (χ2v) is 6.82. The van der Waals surface area contributed by atoms with Gasteiger partial charge in [0.15, 0.2) is 0 Å². The maximum absolute atomic E-state index is 12.5. The van der Waals surface area contributed by atoms with Gasteiger partial charge in [0.25, 0.3) is 0 Å². The number of carbonyl (C=O) groups excluding carboxylic acids is 1. The summed E-state index contributed by atoms with van der Waals surface area (Å²) >= 11 is 0. The second kappa shape index (κ2) is 5.79. The van der Waals surface area contributed by atoms with Crippen LogP contribution in [-0.4, -0.2) is 23.1 Å². The van der Waals surface area contributed by atoms with Gasteiger partial charge in [0.1, 0.15) is 6.61 Å². The molecule has 2 heterocycles. The number of carbonyl (C=O) groups is 1. The van der Waals surface area contributed by atoms with Crippen LogP contribution in [0.3, 0.4) is 0 Å². The molecule has 3 heteroatoms. The first-order valence-corrected chi connectivity index (χ1v) is 8.51. The minimum absolute atomic E-state index is 0.139. The Morgan fingerprint density at radius 3 is 2.64 bits per heavy atom. The van der Waals surface area contributed by atoms with Crippen molar-refractivity contribution in [2.45, 2.75) is 57.2 Å². The molecule has 0 aromatic heterocycles. The summed E-state index contributed by atoms with van der Waals surface area (Å²) in [6.07, 6.45) is 9.60. The molecule has 22 heavy (non-hydrogen) atoms. The molecule has 0 spiro atoms. The number of nitrogens with zero attached hydrogens (tertiary/aromatic N) is 1. The van der Waals surface area contributed by atoms with Crippen LogP contribution in [0.4, 0.5) is 4.79 Å². The molecule has 2 unspecified atom stereocenters. The Morgan fingerprint density at radius 1 is 1.14 bits per heavy atom. The molecule has 116 valence electrons. The Balaban J connectivity index is 1.40. The molecule has 4 rings (SSSR count). The maximum Gasteiger partial charge on any atom is 0.410 e. The summed E-state index contributed by atoms with van der Waals surface area (Å²) < 4.78 is 5.54. The van der Waals surface area contributed by atoms with Crippen LogP contribution in [0.15, 0.2) is 42.0 Å². The van der Waals surface area contributed by atoms with Crippen molar-refractivity contribution in [1.82, 2.24) is 4.90 Å². The third kappa shape index (κ3) is 2.53. The highest BCUT2D eigenvalue weighted by Gasteiger charge is 2.42. The minimum Gasteiger partial charge on any atom is -0.445 e. The smallest absolute Gasteiger partial charge is 0.410 e. The molecule has 2 fully saturated rings. The Hall–Kier alpha value is -1.77. The van der Waals surface area contributed by atoms with E-state index >= 15 is 0 Å². The quantitative estimate of drug-likeness (QED) is 0.779. The van der Waals surface area contributed by atoms with Crippen molar-refractivity contribution in [2.24, 2.45) is 5.92 Å². The first-order valence-electron chi connectivity index (χ1n) is 8.51. The van der Waals surface area contributed by atoms with Crippen LogP contribution in [0.25, 0.3) is 0 Å². The Bertz CT molecular complexity index is 576. The molecule has 3 aliphatic rings. The fraction of sp³-hybridized carbons (Fsp3) is 0.526. The molecule has 0 radical (unpaired) electrons. The molecule has 2 aliphatic heterocycles. The largest absolute Gasteiger partial charge is 0.445 e. The van der Waals surface area contributed by atoms with E-state index in [2.05, 4.69) is 6.08 Å². The normalized spacial score (nSPS) is 27.3. The van der Waals surface area contributed by atoms with E-state index < -0.39 is 0 Å². The summed E-state index contributed by atoms with van der Waals surface area (Å²) in [5, 5.41) is 0. The molecule has 2 atom stereocenters. The molecule has 1 amide bonds. The van der Waals surface area contributed by atoms with Gasteiger partial charge in [0, 0.05) is 6.04 Å². The van der Waals surface area contributed by atoms with Crippen molar-refractivity contribution in [3.05, 3.63) is 47.5 Å². The first kappa shape index (κ1) is 13.9. The highest BCUT2D eigenvalue weighted by Crippen LogP contribution is 2.43. The summed E-state index contributed by atoms with van der Waals surface area (Å²) in [5.41, 5.74) is 2.66. The van der Waals surface area contributed by atoms with E-state index in [0.717, 1.165) is 30.7 Å². The van der Waals surface area contributed by atoms with Gasteiger partial charge >= 0.3 is 6.09 Å². The van der Waals surface area contributed by atoms with E-state index in [0.29, 0.717) is 12.6 Å². The van der Waals surface area contributed by atoms with Gasteiger partial charge < -0.3 is 4.74 Å². The van der Waals surface area contributed by atoms with Gasteiger partial charge in [-0.05, 0) is 43.6 Å². The van der Waals surface area contributed by atoms with Crippen molar-refractivity contribution in [1.29, 1.82) is 0 Å². The van der Waals surface area contributed by atoms with Crippen molar-refractivity contribution in [2.75, 3.05) is 0 Å². The Kier molecular flexibility index (Phi) is 3.65. The number of benzene rings is 1. The summed E-state index contributed by atoms with van der Waals surface area (Å²) in [6.45, 7) is 0.370. The monoisotopic (exact) mass is 297 g/mol. The summed E-state index contributed by atoms with van der Waals surface area (Å²) in [7, 11) is 0. The van der Waals surface area contributed by atoms with Crippen molar-refractivity contribution in [3.63, 3.8) is 0 Å². The van der Waals surface area contributed by atoms with Crippen LogP contribution >= 0.6 is 0 Å². The number of amides is 1. The van der Waals surface area contributed by atoms with E-state index in [1.807, 2.05) is 35.2 Å². The average molecular weight is 297 g/mol. The van der Waals surface area contributed by atoms with Gasteiger partial charge in [-0.1, -0.05) is 48.4 Å². The van der Waals surface area contributed by atoms with Crippen LogP contribution < -0.4 is 0 Å². The van der Waals surface area contributed by atoms with Crippen molar-refractivity contribution >= 4 is 6.09 Å². The minimum atomic E-state index is -0.139. The number of fused-ring (bicyclic) bond motifs is 2. The van der Waals surface area contributed by atoms with Gasteiger partial charge in [0.05, 0.1) is 6.04 Å². The van der Waals surface area contributed by atoms with E-state index in [1.54, 1.807) is 5.57 Å². The Labute approximate surface area is 132 Å². The Morgan fingerprint density at radius 2 is 1.95 bits per heavy atom. The fourth-order valence-corrected chi connectivity index (χ4v) is 4.02. The second-order valence-electron chi connectivity index (χ2n) is 6.82. The highest BCUT2D eigenvalue weighted by atomic mass is 16.6. The molecule has 2 bridgehead atoms. The summed E-state index contributed by atoms with van der Waals surface area (Å²) in [5.74, 6) is 0.811. The standard InChI is InChI=1S/C19H23NO2/c21-19(22-13-14-5-2-1-3-6-14)20-17-9-10-18(20)12-16(11-17)15-7-4-8-15/h1-3,5-6,11,15,17-18H,4,7-10,12-13H2. The van der Waals surface area contributed by atoms with E-state index in [-0.39, 0.29) is 12.1 Å². The van der Waals surface area contributed by atoms with Crippen LogP contribution in [0.1, 0.15) is 44.1 Å². The van der Waals surface area contributed by atoms with Crippen LogP contribution in [0, 0.1) is 5.92 Å². The fourth-order valence-electron chi connectivity index (χ4n) is 4.02. The van der Waals surface area contributed by atoms with Gasteiger partial charge in [-0.25, -0.2) is 4.79 Å². The first-order chi connectivity index (χ1) is 10.8. The zero-order chi connectivity index (χ0) is 14.9. The van der Waals surface area contributed by atoms with Gasteiger partial charge in [-0.15, -0.1) is 0 Å². The van der Waals surface area contributed by atoms with E-state index in [1.165, 1.54) is 19.3 Å². The molecule has 1 aliphatic carbocycles. The number of rotatable bonds is 3. The molecule has 0 N–H and O–H groups in total. The van der Waals surface area contributed by atoms with Gasteiger partial charge in [0.2, 0.25) is 0 Å². The SMILES string of the molecule is O=C(OCc1ccccc1)N1C2C=C(C3CCC3)CC1CC2.